The van der Waals surface area contributed by atoms with Crippen LogP contribution in [0.4, 0.5) is 0 Å². The van der Waals surface area contributed by atoms with E-state index in [1.54, 1.807) is 12.1 Å². The molecule has 4 rings (SSSR count). The van der Waals surface area contributed by atoms with E-state index in [0.717, 1.165) is 30.6 Å². The minimum atomic E-state index is -0.479. The molecule has 0 radical (unpaired) electrons. The van der Waals surface area contributed by atoms with Gasteiger partial charge in [0.05, 0.1) is 12.7 Å². The van der Waals surface area contributed by atoms with Gasteiger partial charge in [-0.15, -0.1) is 0 Å². The molecule has 2 aromatic rings. The highest BCUT2D eigenvalue weighted by atomic mass is 16.5. The van der Waals surface area contributed by atoms with Gasteiger partial charge in [-0.3, -0.25) is 14.6 Å². The quantitative estimate of drug-likeness (QED) is 0.650. The lowest BCUT2D eigenvalue weighted by atomic mass is 9.78. The normalized spacial score (nSPS) is 17.2. The molecule has 2 amide bonds. The number of methoxy groups -OCH3 is 1. The largest absolute Gasteiger partial charge is 0.484 e. The predicted molar refractivity (Wildman–Crippen MR) is 121 cm³/mol. The van der Waals surface area contributed by atoms with Crippen molar-refractivity contribution in [1.82, 2.24) is 14.8 Å². The zero-order valence-corrected chi connectivity index (χ0v) is 19.1. The first-order valence-corrected chi connectivity index (χ1v) is 11.2. The first-order chi connectivity index (χ1) is 15.9. The molecule has 1 aromatic carbocycles. The number of nitrogens with zero attached hydrogens (tertiary/aromatic N) is 3. The van der Waals surface area contributed by atoms with Gasteiger partial charge in [-0.2, -0.15) is 0 Å². The average molecular weight is 452 g/mol. The van der Waals surface area contributed by atoms with Crippen LogP contribution in [0.15, 0.2) is 42.6 Å². The third-order valence-electron chi connectivity index (χ3n) is 6.75. The highest BCUT2D eigenvalue weighted by molar-refractivity contribution is 5.94. The number of amides is 2. The van der Waals surface area contributed by atoms with E-state index in [0.29, 0.717) is 37.4 Å². The molecule has 0 saturated carbocycles. The molecule has 2 saturated heterocycles. The molecule has 8 nitrogen and oxygen atoms in total. The number of piperidine rings is 1. The molecule has 0 N–H and O–H groups in total. The fourth-order valence-electron chi connectivity index (χ4n) is 4.62. The molecule has 0 atom stereocenters. The Bertz CT molecular complexity index is 1030. The summed E-state index contributed by atoms with van der Waals surface area (Å²) in [6.45, 7) is 4.67. The molecule has 33 heavy (non-hydrogen) atoms. The summed E-state index contributed by atoms with van der Waals surface area (Å²) in [5.74, 6) is 0.118. The van der Waals surface area contributed by atoms with Gasteiger partial charge in [-0.1, -0.05) is 18.2 Å². The van der Waals surface area contributed by atoms with Gasteiger partial charge in [0.1, 0.15) is 11.4 Å². The number of pyridine rings is 1. The van der Waals surface area contributed by atoms with Crippen LogP contribution < -0.4 is 4.74 Å². The Labute approximate surface area is 193 Å². The van der Waals surface area contributed by atoms with Crippen LogP contribution in [0.5, 0.6) is 5.75 Å². The van der Waals surface area contributed by atoms with Crippen LogP contribution in [0.1, 0.15) is 45.7 Å². The molecule has 0 unspecified atom stereocenters. The molecule has 174 valence electrons. The van der Waals surface area contributed by atoms with Crippen LogP contribution in [0, 0.1) is 12.3 Å². The number of carbonyl (C=O) groups is 3. The van der Waals surface area contributed by atoms with Gasteiger partial charge >= 0.3 is 5.97 Å². The Morgan fingerprint density at radius 3 is 2.33 bits per heavy atom. The summed E-state index contributed by atoms with van der Waals surface area (Å²) in [6.07, 6.45) is 4.01. The SMILES string of the molecule is COC(=O)c1ccc(C(=O)N2CCC3(CCN(C(=O)COc4ccccc4C)CC3)C2)nc1. The minimum absolute atomic E-state index is 0.00562. The number of likely N-dealkylation sites (tertiary alicyclic amines) is 2. The number of benzene rings is 1. The van der Waals surface area contributed by atoms with Crippen molar-refractivity contribution in [3.05, 3.63) is 59.4 Å². The second-order valence-corrected chi connectivity index (χ2v) is 8.84. The Balaban J connectivity index is 1.28. The van der Waals surface area contributed by atoms with E-state index in [1.165, 1.54) is 13.3 Å². The van der Waals surface area contributed by atoms with E-state index >= 15 is 0 Å². The van der Waals surface area contributed by atoms with E-state index < -0.39 is 5.97 Å². The number of esters is 1. The smallest absolute Gasteiger partial charge is 0.339 e. The van der Waals surface area contributed by atoms with E-state index in [1.807, 2.05) is 41.0 Å². The predicted octanol–water partition coefficient (Wildman–Crippen LogP) is 2.71. The summed E-state index contributed by atoms with van der Waals surface area (Å²) in [7, 11) is 1.31. The fourth-order valence-corrected chi connectivity index (χ4v) is 4.62. The molecular weight excluding hydrogens is 422 g/mol. The Morgan fingerprint density at radius 2 is 1.70 bits per heavy atom. The molecule has 0 aliphatic carbocycles. The van der Waals surface area contributed by atoms with Crippen LogP contribution in [-0.4, -0.2) is 72.5 Å². The number of ether oxygens (including phenoxy) is 2. The molecule has 2 fully saturated rings. The lowest BCUT2D eigenvalue weighted by molar-refractivity contribution is -0.135. The number of rotatable bonds is 5. The zero-order valence-electron chi connectivity index (χ0n) is 19.1. The Kier molecular flexibility index (Phi) is 6.62. The third kappa shape index (κ3) is 4.99. The van der Waals surface area contributed by atoms with Crippen molar-refractivity contribution < 1.29 is 23.9 Å². The monoisotopic (exact) mass is 451 g/mol. The maximum absolute atomic E-state index is 12.9. The van der Waals surface area contributed by atoms with Crippen LogP contribution in [0.2, 0.25) is 0 Å². The van der Waals surface area contributed by atoms with Crippen molar-refractivity contribution >= 4 is 17.8 Å². The van der Waals surface area contributed by atoms with Crippen LogP contribution in [0.25, 0.3) is 0 Å². The van der Waals surface area contributed by atoms with Crippen LogP contribution in [0.3, 0.4) is 0 Å². The lowest BCUT2D eigenvalue weighted by Crippen LogP contribution is -2.46. The van der Waals surface area contributed by atoms with Gasteiger partial charge in [0.2, 0.25) is 0 Å². The van der Waals surface area contributed by atoms with E-state index in [9.17, 15) is 14.4 Å². The number of hydrogen-bond donors (Lipinski definition) is 0. The fraction of sp³-hybridized carbons (Fsp3) is 0.440. The summed E-state index contributed by atoms with van der Waals surface area (Å²) in [4.78, 5) is 45.0. The summed E-state index contributed by atoms with van der Waals surface area (Å²) in [6, 6.07) is 10.8. The molecule has 1 aromatic heterocycles. The second-order valence-electron chi connectivity index (χ2n) is 8.84. The van der Waals surface area contributed by atoms with Crippen LogP contribution >= 0.6 is 0 Å². The summed E-state index contributed by atoms with van der Waals surface area (Å²) in [5.41, 5.74) is 1.68. The molecule has 3 heterocycles. The van der Waals surface area contributed by atoms with Gasteiger partial charge < -0.3 is 19.3 Å². The van der Waals surface area contributed by atoms with Gasteiger partial charge in [-0.05, 0) is 55.4 Å². The van der Waals surface area contributed by atoms with Crippen molar-refractivity contribution in [2.75, 3.05) is 39.9 Å². The van der Waals surface area contributed by atoms with Gasteiger partial charge in [0.15, 0.2) is 6.61 Å². The minimum Gasteiger partial charge on any atom is -0.484 e. The van der Waals surface area contributed by atoms with E-state index in [2.05, 4.69) is 9.72 Å². The molecule has 0 bridgehead atoms. The van der Waals surface area contributed by atoms with Crippen molar-refractivity contribution in [2.45, 2.75) is 26.2 Å². The molecule has 8 heteroatoms. The highest BCUT2D eigenvalue weighted by Gasteiger charge is 2.43. The van der Waals surface area contributed by atoms with Gasteiger partial charge in [0.25, 0.3) is 11.8 Å². The Hall–Kier alpha value is -3.42. The average Bonchev–Trinajstić information content (AvgIpc) is 3.26. The van der Waals surface area contributed by atoms with Crippen molar-refractivity contribution in [1.29, 1.82) is 0 Å². The van der Waals surface area contributed by atoms with E-state index in [-0.39, 0.29) is 23.8 Å². The highest BCUT2D eigenvalue weighted by Crippen LogP contribution is 2.40. The first kappa shape index (κ1) is 22.8. The number of hydrogen-bond acceptors (Lipinski definition) is 6. The summed E-state index contributed by atoms with van der Waals surface area (Å²) in [5, 5.41) is 0. The molecular formula is C25H29N3O5. The molecule has 2 aliphatic rings. The standard InChI is InChI=1S/C25H29N3O5/c1-18-5-3-4-6-21(18)33-16-22(29)27-12-9-25(10-13-27)11-14-28(17-25)23(30)20-8-7-19(15-26-20)24(31)32-2/h3-8,15H,9-14,16-17H2,1-2H3. The van der Waals surface area contributed by atoms with Crippen molar-refractivity contribution in [2.24, 2.45) is 5.41 Å². The zero-order chi connectivity index (χ0) is 23.4. The second kappa shape index (κ2) is 9.60. The number of aromatic nitrogens is 1. The van der Waals surface area contributed by atoms with Gasteiger partial charge in [-0.25, -0.2) is 4.79 Å². The number of para-hydroxylation sites is 1. The molecule has 2 aliphatic heterocycles. The van der Waals surface area contributed by atoms with Gasteiger partial charge in [0, 0.05) is 32.4 Å². The molecule has 1 spiro atoms. The maximum atomic E-state index is 12.9. The summed E-state index contributed by atoms with van der Waals surface area (Å²) < 4.78 is 10.4. The van der Waals surface area contributed by atoms with Crippen molar-refractivity contribution in [3.8, 4) is 5.75 Å². The Morgan fingerprint density at radius 1 is 1.00 bits per heavy atom. The summed E-state index contributed by atoms with van der Waals surface area (Å²) >= 11 is 0. The topological polar surface area (TPSA) is 89.0 Å². The number of aryl methyl sites for hydroxylation is 1. The third-order valence-corrected chi connectivity index (χ3v) is 6.75. The number of carbonyl (C=O) groups excluding carboxylic acids is 3. The maximum Gasteiger partial charge on any atom is 0.339 e. The van der Waals surface area contributed by atoms with E-state index in [4.69, 9.17) is 4.74 Å². The van der Waals surface area contributed by atoms with Crippen molar-refractivity contribution in [3.63, 3.8) is 0 Å². The van der Waals surface area contributed by atoms with Crippen LogP contribution in [-0.2, 0) is 9.53 Å². The first-order valence-electron chi connectivity index (χ1n) is 11.2. The lowest BCUT2D eigenvalue weighted by Gasteiger charge is -2.39.